The van der Waals surface area contributed by atoms with Crippen LogP contribution in [0, 0.1) is 0 Å². The first-order chi connectivity index (χ1) is 9.24. The van der Waals surface area contributed by atoms with E-state index < -0.39 is 0 Å². The van der Waals surface area contributed by atoms with Crippen LogP contribution in [0.3, 0.4) is 0 Å². The van der Waals surface area contributed by atoms with Crippen LogP contribution in [-0.4, -0.2) is 19.5 Å². The number of hydrogen-bond donors (Lipinski definition) is 1. The van der Waals surface area contributed by atoms with Gasteiger partial charge in [-0.15, -0.1) is 0 Å². The molecule has 0 aliphatic rings. The molecule has 0 aliphatic heterocycles. The van der Waals surface area contributed by atoms with E-state index in [1.54, 1.807) is 6.33 Å². The summed E-state index contributed by atoms with van der Waals surface area (Å²) in [7, 11) is 1.90. The van der Waals surface area contributed by atoms with Crippen molar-refractivity contribution in [2.24, 2.45) is 7.05 Å². The Bertz CT molecular complexity index is 708. The van der Waals surface area contributed by atoms with Gasteiger partial charge in [0, 0.05) is 13.6 Å². The molecule has 19 heavy (non-hydrogen) atoms. The van der Waals surface area contributed by atoms with Gasteiger partial charge in [0.15, 0.2) is 11.5 Å². The highest BCUT2D eigenvalue weighted by Gasteiger charge is 2.10. The minimum absolute atomic E-state index is 0.196. The molecule has 0 bridgehead atoms. The van der Waals surface area contributed by atoms with Gasteiger partial charge >= 0.3 is 0 Å². The summed E-state index contributed by atoms with van der Waals surface area (Å²) in [5.41, 5.74) is 2.62. The Kier molecular flexibility index (Phi) is 3.05. The molecule has 2 aromatic heterocycles. The predicted molar refractivity (Wildman–Crippen MR) is 75.1 cm³/mol. The van der Waals surface area contributed by atoms with Crippen molar-refractivity contribution in [3.8, 4) is 0 Å². The lowest BCUT2D eigenvalue weighted by atomic mass is 10.2. The number of hydrogen-bond acceptors (Lipinski definition) is 4. The largest absolute Gasteiger partial charge is 0.364 e. The van der Waals surface area contributed by atoms with Crippen LogP contribution >= 0.6 is 11.6 Å². The van der Waals surface area contributed by atoms with Crippen molar-refractivity contribution in [1.82, 2.24) is 19.5 Å². The van der Waals surface area contributed by atoms with Crippen molar-refractivity contribution in [2.75, 3.05) is 5.32 Å². The molecule has 0 radical (unpaired) electrons. The van der Waals surface area contributed by atoms with Crippen LogP contribution in [0.25, 0.3) is 11.2 Å². The van der Waals surface area contributed by atoms with Gasteiger partial charge in [-0.3, -0.25) is 0 Å². The lowest BCUT2D eigenvalue weighted by molar-refractivity contribution is 0.942. The Morgan fingerprint density at radius 2 is 2.00 bits per heavy atom. The average Bonchev–Trinajstić information content (AvgIpc) is 2.79. The quantitative estimate of drug-likeness (QED) is 0.746. The summed E-state index contributed by atoms with van der Waals surface area (Å²) >= 11 is 5.90. The van der Waals surface area contributed by atoms with E-state index in [9.17, 15) is 0 Å². The first kappa shape index (κ1) is 11.9. The minimum Gasteiger partial charge on any atom is -0.364 e. The summed E-state index contributed by atoms with van der Waals surface area (Å²) in [5, 5.41) is 3.47. The lowest BCUT2D eigenvalue weighted by Crippen LogP contribution is -2.04. The zero-order chi connectivity index (χ0) is 13.2. The van der Waals surface area contributed by atoms with Crippen molar-refractivity contribution in [1.29, 1.82) is 0 Å². The Morgan fingerprint density at radius 1 is 1.21 bits per heavy atom. The van der Waals surface area contributed by atoms with Crippen molar-refractivity contribution in [3.05, 3.63) is 47.5 Å². The van der Waals surface area contributed by atoms with Crippen LogP contribution in [0.2, 0.25) is 5.28 Å². The fraction of sp³-hybridized carbons (Fsp3) is 0.154. The molecule has 0 aliphatic carbocycles. The van der Waals surface area contributed by atoms with Gasteiger partial charge in [-0.05, 0) is 17.2 Å². The van der Waals surface area contributed by atoms with Gasteiger partial charge in [0.05, 0.1) is 6.33 Å². The van der Waals surface area contributed by atoms with Crippen LogP contribution in [0.15, 0.2) is 36.7 Å². The Morgan fingerprint density at radius 3 is 2.79 bits per heavy atom. The smallest absolute Gasteiger partial charge is 0.226 e. The first-order valence-electron chi connectivity index (χ1n) is 5.86. The van der Waals surface area contributed by atoms with Gasteiger partial charge in [-0.25, -0.2) is 4.98 Å². The van der Waals surface area contributed by atoms with Gasteiger partial charge in [0.25, 0.3) is 0 Å². The number of aryl methyl sites for hydroxylation is 1. The van der Waals surface area contributed by atoms with E-state index in [1.165, 1.54) is 5.56 Å². The van der Waals surface area contributed by atoms with Crippen molar-refractivity contribution >= 4 is 28.6 Å². The fourth-order valence-electron chi connectivity index (χ4n) is 1.94. The van der Waals surface area contributed by atoms with Gasteiger partial charge in [-0.2, -0.15) is 9.97 Å². The second-order valence-corrected chi connectivity index (χ2v) is 4.55. The van der Waals surface area contributed by atoms with E-state index >= 15 is 0 Å². The maximum absolute atomic E-state index is 5.90. The van der Waals surface area contributed by atoms with E-state index in [0.29, 0.717) is 18.0 Å². The molecule has 3 rings (SSSR count). The Labute approximate surface area is 115 Å². The van der Waals surface area contributed by atoms with Crippen LogP contribution in [-0.2, 0) is 13.6 Å². The number of anilines is 1. The number of imidazole rings is 1. The third-order valence-electron chi connectivity index (χ3n) is 2.85. The standard InChI is InChI=1S/C13H12ClN5/c1-19-8-16-12-10(19)11(17-13(14)18-12)15-7-9-5-3-2-4-6-9/h2-6,8H,7H2,1H3,(H,15,17,18). The molecular weight excluding hydrogens is 262 g/mol. The first-order valence-corrected chi connectivity index (χ1v) is 6.24. The number of halogens is 1. The number of aromatic nitrogens is 4. The van der Waals surface area contributed by atoms with Gasteiger partial charge in [0.2, 0.25) is 5.28 Å². The van der Waals surface area contributed by atoms with E-state index in [0.717, 1.165) is 5.52 Å². The molecule has 5 nitrogen and oxygen atoms in total. The van der Waals surface area contributed by atoms with Crippen LogP contribution in [0.4, 0.5) is 5.82 Å². The van der Waals surface area contributed by atoms with Crippen LogP contribution in [0.1, 0.15) is 5.56 Å². The molecule has 0 atom stereocenters. The number of fused-ring (bicyclic) bond motifs is 1. The molecule has 2 heterocycles. The van der Waals surface area contributed by atoms with Gasteiger partial charge in [-0.1, -0.05) is 30.3 Å². The fourth-order valence-corrected chi connectivity index (χ4v) is 2.10. The second kappa shape index (κ2) is 4.85. The third-order valence-corrected chi connectivity index (χ3v) is 3.02. The Balaban J connectivity index is 1.94. The van der Waals surface area contributed by atoms with Crippen LogP contribution < -0.4 is 5.32 Å². The van der Waals surface area contributed by atoms with Crippen molar-refractivity contribution in [2.45, 2.75) is 6.54 Å². The molecule has 0 amide bonds. The number of benzene rings is 1. The molecule has 96 valence electrons. The van der Waals surface area contributed by atoms with E-state index in [2.05, 4.69) is 32.4 Å². The third kappa shape index (κ3) is 2.37. The molecule has 3 aromatic rings. The molecule has 1 aromatic carbocycles. The molecule has 0 fully saturated rings. The maximum Gasteiger partial charge on any atom is 0.226 e. The Hall–Kier alpha value is -2.14. The lowest BCUT2D eigenvalue weighted by Gasteiger charge is -2.08. The molecular formula is C13H12ClN5. The summed E-state index contributed by atoms with van der Waals surface area (Å²) in [6, 6.07) is 10.1. The molecule has 0 spiro atoms. The normalized spacial score (nSPS) is 10.8. The number of nitrogens with one attached hydrogen (secondary N) is 1. The molecule has 0 saturated heterocycles. The second-order valence-electron chi connectivity index (χ2n) is 4.21. The average molecular weight is 274 g/mol. The van der Waals surface area contributed by atoms with Crippen molar-refractivity contribution < 1.29 is 0 Å². The molecule has 6 heteroatoms. The topological polar surface area (TPSA) is 55.6 Å². The summed E-state index contributed by atoms with van der Waals surface area (Å²) in [4.78, 5) is 12.5. The van der Waals surface area contributed by atoms with E-state index in [1.807, 2.05) is 29.8 Å². The highest BCUT2D eigenvalue weighted by atomic mass is 35.5. The summed E-state index contributed by atoms with van der Waals surface area (Å²) in [6.45, 7) is 0.675. The summed E-state index contributed by atoms with van der Waals surface area (Å²) in [6.07, 6.45) is 1.70. The highest BCUT2D eigenvalue weighted by molar-refractivity contribution is 6.28. The molecule has 1 N–H and O–H groups in total. The van der Waals surface area contributed by atoms with E-state index in [-0.39, 0.29) is 5.28 Å². The summed E-state index contributed by atoms with van der Waals surface area (Å²) in [5.74, 6) is 0.693. The number of nitrogens with zero attached hydrogens (tertiary/aromatic N) is 4. The zero-order valence-electron chi connectivity index (χ0n) is 10.3. The zero-order valence-corrected chi connectivity index (χ0v) is 11.1. The van der Waals surface area contributed by atoms with E-state index in [4.69, 9.17) is 11.6 Å². The molecule has 0 saturated carbocycles. The highest BCUT2D eigenvalue weighted by Crippen LogP contribution is 2.21. The van der Waals surface area contributed by atoms with Gasteiger partial charge in [0.1, 0.15) is 5.52 Å². The van der Waals surface area contributed by atoms with Crippen LogP contribution in [0.5, 0.6) is 0 Å². The predicted octanol–water partition coefficient (Wildman–Crippen LogP) is 2.63. The monoisotopic (exact) mass is 273 g/mol. The van der Waals surface area contributed by atoms with Gasteiger partial charge < -0.3 is 9.88 Å². The minimum atomic E-state index is 0.196. The maximum atomic E-state index is 5.90. The number of rotatable bonds is 3. The SMILES string of the molecule is Cn1cnc2nc(Cl)nc(NCc3ccccc3)c21. The summed E-state index contributed by atoms with van der Waals surface area (Å²) < 4.78 is 1.87. The van der Waals surface area contributed by atoms with Crippen molar-refractivity contribution in [3.63, 3.8) is 0 Å². The molecule has 0 unspecified atom stereocenters.